The van der Waals surface area contributed by atoms with Crippen molar-refractivity contribution in [2.45, 2.75) is 45.6 Å². The van der Waals surface area contributed by atoms with Crippen LogP contribution in [0.3, 0.4) is 0 Å². The van der Waals surface area contributed by atoms with Gasteiger partial charge in [0.05, 0.1) is 6.20 Å². The van der Waals surface area contributed by atoms with E-state index in [0.717, 1.165) is 25.7 Å². The van der Waals surface area contributed by atoms with Gasteiger partial charge in [-0.3, -0.25) is 4.57 Å². The first-order valence-corrected chi connectivity index (χ1v) is 7.06. The molecule has 0 bridgehead atoms. The molecular formula is C12H17BrN4O. The summed E-state index contributed by atoms with van der Waals surface area (Å²) in [6, 6.07) is 0.239. The number of rotatable bonds is 5. The van der Waals surface area contributed by atoms with E-state index >= 15 is 0 Å². The molecule has 0 aromatic carbocycles. The monoisotopic (exact) mass is 312 g/mol. The maximum Gasteiger partial charge on any atom is 0.297 e. The van der Waals surface area contributed by atoms with Gasteiger partial charge in [0.2, 0.25) is 5.65 Å². The number of fused-ring (bicyclic) bond motifs is 1. The first kappa shape index (κ1) is 13.3. The molecule has 0 aliphatic rings. The standard InChI is InChI=1S/C12H17BrN4O/c1-3-5-8(6-4-2)17-11-10(16-12(17)18)14-7-9(13)15-11/h7-8H,3-6H2,1-2H3,(H,14,16,18). The average molecular weight is 313 g/mol. The predicted octanol–water partition coefficient (Wildman–Crippen LogP) is 3.44. The number of hydrogen-bond acceptors (Lipinski definition) is 4. The lowest BCUT2D eigenvalue weighted by Crippen LogP contribution is -2.09. The van der Waals surface area contributed by atoms with Crippen LogP contribution in [0.25, 0.3) is 11.3 Å². The molecule has 0 saturated heterocycles. The second-order valence-electron chi connectivity index (χ2n) is 4.35. The van der Waals surface area contributed by atoms with Crippen molar-refractivity contribution in [2.24, 2.45) is 0 Å². The highest BCUT2D eigenvalue weighted by Crippen LogP contribution is 2.29. The number of aromatic hydroxyl groups is 1. The zero-order valence-electron chi connectivity index (χ0n) is 10.6. The van der Waals surface area contributed by atoms with Crippen LogP contribution in [0.1, 0.15) is 45.6 Å². The van der Waals surface area contributed by atoms with E-state index in [1.54, 1.807) is 10.8 Å². The quantitative estimate of drug-likeness (QED) is 0.918. The Labute approximate surface area is 114 Å². The van der Waals surface area contributed by atoms with E-state index in [0.29, 0.717) is 15.9 Å². The van der Waals surface area contributed by atoms with Gasteiger partial charge >= 0.3 is 0 Å². The van der Waals surface area contributed by atoms with E-state index in [1.165, 1.54) is 0 Å². The Balaban J connectivity index is 2.52. The molecule has 0 amide bonds. The highest BCUT2D eigenvalue weighted by Gasteiger charge is 2.19. The Morgan fingerprint density at radius 2 is 1.94 bits per heavy atom. The summed E-state index contributed by atoms with van der Waals surface area (Å²) < 4.78 is 2.46. The van der Waals surface area contributed by atoms with Crippen molar-refractivity contribution in [3.8, 4) is 6.01 Å². The van der Waals surface area contributed by atoms with Gasteiger partial charge < -0.3 is 5.11 Å². The highest BCUT2D eigenvalue weighted by atomic mass is 79.9. The molecule has 0 unspecified atom stereocenters. The lowest BCUT2D eigenvalue weighted by molar-refractivity contribution is 0.346. The van der Waals surface area contributed by atoms with Crippen LogP contribution in [0.5, 0.6) is 6.01 Å². The van der Waals surface area contributed by atoms with Crippen LogP contribution in [-0.4, -0.2) is 24.6 Å². The fourth-order valence-electron chi connectivity index (χ4n) is 2.24. The Hall–Kier alpha value is -1.17. The maximum absolute atomic E-state index is 10.0. The second kappa shape index (κ2) is 5.65. The van der Waals surface area contributed by atoms with Gasteiger partial charge in [-0.25, -0.2) is 9.97 Å². The van der Waals surface area contributed by atoms with E-state index in [2.05, 4.69) is 44.7 Å². The molecule has 18 heavy (non-hydrogen) atoms. The Morgan fingerprint density at radius 1 is 1.28 bits per heavy atom. The number of imidazole rings is 1. The lowest BCUT2D eigenvalue weighted by Gasteiger charge is -2.17. The minimum absolute atomic E-state index is 0.00926. The molecule has 6 heteroatoms. The van der Waals surface area contributed by atoms with E-state index in [4.69, 9.17) is 0 Å². The smallest absolute Gasteiger partial charge is 0.297 e. The molecule has 98 valence electrons. The fraction of sp³-hybridized carbons (Fsp3) is 0.583. The molecule has 0 spiro atoms. The molecule has 0 saturated carbocycles. The molecule has 2 aromatic rings. The molecule has 1 N–H and O–H groups in total. The van der Waals surface area contributed by atoms with Gasteiger partial charge in [0, 0.05) is 6.04 Å². The van der Waals surface area contributed by atoms with Gasteiger partial charge in [-0.2, -0.15) is 4.98 Å². The second-order valence-corrected chi connectivity index (χ2v) is 5.17. The van der Waals surface area contributed by atoms with Crippen LogP contribution in [0.2, 0.25) is 0 Å². The van der Waals surface area contributed by atoms with Gasteiger partial charge in [-0.1, -0.05) is 26.7 Å². The highest BCUT2D eigenvalue weighted by molar-refractivity contribution is 9.10. The first-order chi connectivity index (χ1) is 8.67. The Bertz CT molecular complexity index is 534. The largest absolute Gasteiger partial charge is 0.480 e. The minimum Gasteiger partial charge on any atom is -0.480 e. The molecule has 5 nitrogen and oxygen atoms in total. The molecule has 0 aliphatic carbocycles. The van der Waals surface area contributed by atoms with Crippen molar-refractivity contribution >= 4 is 27.2 Å². The average Bonchev–Trinajstić information content (AvgIpc) is 2.64. The third kappa shape index (κ3) is 2.48. The SMILES string of the molecule is CCCC(CCC)n1c(O)nc2ncc(Br)nc21. The van der Waals surface area contributed by atoms with E-state index in [9.17, 15) is 5.11 Å². The summed E-state index contributed by atoms with van der Waals surface area (Å²) in [5.41, 5.74) is 1.14. The van der Waals surface area contributed by atoms with Crippen molar-refractivity contribution in [1.29, 1.82) is 0 Å². The normalized spacial score (nSPS) is 11.6. The van der Waals surface area contributed by atoms with Gasteiger partial charge in [-0.05, 0) is 28.8 Å². The Morgan fingerprint density at radius 3 is 2.56 bits per heavy atom. The number of aromatic nitrogens is 4. The summed E-state index contributed by atoms with van der Waals surface area (Å²) in [5.74, 6) is 0. The predicted molar refractivity (Wildman–Crippen MR) is 73.5 cm³/mol. The van der Waals surface area contributed by atoms with Crippen molar-refractivity contribution in [1.82, 2.24) is 19.5 Å². The third-order valence-corrected chi connectivity index (χ3v) is 3.35. The van der Waals surface area contributed by atoms with E-state index < -0.39 is 0 Å². The summed E-state index contributed by atoms with van der Waals surface area (Å²) >= 11 is 3.31. The van der Waals surface area contributed by atoms with Crippen LogP contribution in [0, 0.1) is 0 Å². The van der Waals surface area contributed by atoms with E-state index in [-0.39, 0.29) is 12.1 Å². The van der Waals surface area contributed by atoms with Crippen molar-refractivity contribution in [3.05, 3.63) is 10.8 Å². The fourth-order valence-corrected chi connectivity index (χ4v) is 2.51. The number of nitrogens with zero attached hydrogens (tertiary/aromatic N) is 4. The molecule has 0 aliphatic heterocycles. The molecule has 2 heterocycles. The molecule has 0 fully saturated rings. The zero-order chi connectivity index (χ0) is 13.1. The van der Waals surface area contributed by atoms with Gasteiger partial charge in [-0.15, -0.1) is 0 Å². The van der Waals surface area contributed by atoms with Gasteiger partial charge in [0.25, 0.3) is 6.01 Å². The summed E-state index contributed by atoms with van der Waals surface area (Å²) in [6.07, 6.45) is 5.71. The maximum atomic E-state index is 10.0. The molecule has 2 aromatic heterocycles. The summed E-state index contributed by atoms with van der Waals surface area (Å²) in [7, 11) is 0. The molecule has 0 radical (unpaired) electrons. The van der Waals surface area contributed by atoms with Gasteiger partial charge in [0.15, 0.2) is 5.65 Å². The third-order valence-electron chi connectivity index (χ3n) is 2.96. The van der Waals surface area contributed by atoms with Crippen molar-refractivity contribution < 1.29 is 5.11 Å². The van der Waals surface area contributed by atoms with Crippen LogP contribution < -0.4 is 0 Å². The molecule has 0 atom stereocenters. The lowest BCUT2D eigenvalue weighted by atomic mass is 10.1. The van der Waals surface area contributed by atoms with Crippen LogP contribution in [-0.2, 0) is 0 Å². The summed E-state index contributed by atoms with van der Waals surface area (Å²) in [4.78, 5) is 12.6. The van der Waals surface area contributed by atoms with Crippen LogP contribution in [0.4, 0.5) is 0 Å². The molecule has 2 rings (SSSR count). The summed E-state index contributed by atoms with van der Waals surface area (Å²) in [6.45, 7) is 4.28. The van der Waals surface area contributed by atoms with Gasteiger partial charge in [0.1, 0.15) is 4.60 Å². The number of halogens is 1. The van der Waals surface area contributed by atoms with Crippen LogP contribution in [0.15, 0.2) is 10.8 Å². The molecular weight excluding hydrogens is 296 g/mol. The van der Waals surface area contributed by atoms with Crippen molar-refractivity contribution in [3.63, 3.8) is 0 Å². The number of hydrogen-bond donors (Lipinski definition) is 1. The summed E-state index contributed by atoms with van der Waals surface area (Å²) in [5, 5.41) is 10.0. The van der Waals surface area contributed by atoms with Crippen LogP contribution >= 0.6 is 15.9 Å². The zero-order valence-corrected chi connectivity index (χ0v) is 12.2. The minimum atomic E-state index is 0.00926. The van der Waals surface area contributed by atoms with Crippen molar-refractivity contribution in [2.75, 3.05) is 0 Å². The van der Waals surface area contributed by atoms with E-state index in [1.807, 2.05) is 0 Å². The Kier molecular flexibility index (Phi) is 4.16. The first-order valence-electron chi connectivity index (χ1n) is 6.26. The topological polar surface area (TPSA) is 63.8 Å².